The van der Waals surface area contributed by atoms with Crippen LogP contribution in [0.5, 0.6) is 5.75 Å². The number of nitrogens with zero attached hydrogens (tertiary/aromatic N) is 1. The molecule has 1 saturated heterocycles. The molecule has 0 aliphatic carbocycles. The summed E-state index contributed by atoms with van der Waals surface area (Å²) in [6.45, 7) is 0.742. The third-order valence-electron chi connectivity index (χ3n) is 4.53. The Morgan fingerprint density at radius 2 is 2.07 bits per heavy atom. The molecule has 2 aromatic rings. The van der Waals surface area contributed by atoms with Crippen LogP contribution in [-0.4, -0.2) is 49.1 Å². The summed E-state index contributed by atoms with van der Waals surface area (Å²) in [5, 5.41) is 10.9. The molecule has 1 aliphatic rings. The lowest BCUT2D eigenvalue weighted by Crippen LogP contribution is -2.31. The number of likely N-dealkylation sites (tertiary alicyclic amines) is 1. The number of aliphatic hydroxyl groups excluding tert-OH is 1. The summed E-state index contributed by atoms with van der Waals surface area (Å²) in [6, 6.07) is 7.47. The summed E-state index contributed by atoms with van der Waals surface area (Å²) in [7, 11) is 3.10. The Hall–Kier alpha value is -2.58. The van der Waals surface area contributed by atoms with E-state index in [2.05, 4.69) is 15.9 Å². The molecule has 1 unspecified atom stereocenters. The molecule has 1 atom stereocenters. The fraction of sp³-hybridized carbons (Fsp3) is 0.300. The van der Waals surface area contributed by atoms with E-state index < -0.39 is 17.7 Å². The summed E-state index contributed by atoms with van der Waals surface area (Å²) < 4.78 is 16.3. The fourth-order valence-electron chi connectivity index (χ4n) is 3.20. The van der Waals surface area contributed by atoms with Crippen LogP contribution in [0, 0.1) is 0 Å². The highest BCUT2D eigenvalue weighted by molar-refractivity contribution is 9.10. The smallest absolute Gasteiger partial charge is 0.295 e. The van der Waals surface area contributed by atoms with Crippen molar-refractivity contribution in [2.45, 2.75) is 12.5 Å². The van der Waals surface area contributed by atoms with Gasteiger partial charge in [-0.2, -0.15) is 0 Å². The number of aliphatic hydroxyl groups is 1. The van der Waals surface area contributed by atoms with Gasteiger partial charge in [0.1, 0.15) is 23.3 Å². The maximum absolute atomic E-state index is 12.8. The van der Waals surface area contributed by atoms with E-state index in [-0.39, 0.29) is 11.3 Å². The molecule has 0 radical (unpaired) electrons. The van der Waals surface area contributed by atoms with Crippen molar-refractivity contribution in [3.8, 4) is 5.75 Å². The first kappa shape index (κ1) is 20.2. The summed E-state index contributed by atoms with van der Waals surface area (Å²) in [6.07, 6.45) is 2.02. The van der Waals surface area contributed by atoms with E-state index >= 15 is 0 Å². The lowest BCUT2D eigenvalue weighted by Gasteiger charge is -2.23. The predicted molar refractivity (Wildman–Crippen MR) is 105 cm³/mol. The van der Waals surface area contributed by atoms with Gasteiger partial charge in [-0.1, -0.05) is 0 Å². The van der Waals surface area contributed by atoms with Crippen LogP contribution in [-0.2, 0) is 14.3 Å². The van der Waals surface area contributed by atoms with E-state index in [0.29, 0.717) is 41.1 Å². The van der Waals surface area contributed by atoms with Crippen molar-refractivity contribution in [3.05, 3.63) is 58.0 Å². The number of benzene rings is 1. The number of ether oxygens (including phenoxy) is 2. The highest BCUT2D eigenvalue weighted by Crippen LogP contribution is 2.40. The van der Waals surface area contributed by atoms with Gasteiger partial charge < -0.3 is 23.9 Å². The number of methoxy groups -OCH3 is 2. The molecule has 1 N–H and O–H groups in total. The lowest BCUT2D eigenvalue weighted by atomic mass is 9.99. The number of amides is 1. The molecule has 0 bridgehead atoms. The molecule has 2 heterocycles. The molecule has 7 nitrogen and oxygen atoms in total. The van der Waals surface area contributed by atoms with Crippen molar-refractivity contribution < 1.29 is 28.6 Å². The Bertz CT molecular complexity index is 905. The van der Waals surface area contributed by atoms with E-state index in [1.807, 2.05) is 0 Å². The maximum atomic E-state index is 12.8. The van der Waals surface area contributed by atoms with E-state index in [9.17, 15) is 14.7 Å². The average molecular weight is 450 g/mol. The number of carbonyl (C=O) groups excluding carboxylic acids is 2. The van der Waals surface area contributed by atoms with Crippen LogP contribution in [0.4, 0.5) is 0 Å². The zero-order valence-corrected chi connectivity index (χ0v) is 17.1. The molecule has 148 valence electrons. The highest BCUT2D eigenvalue weighted by Gasteiger charge is 2.47. The summed E-state index contributed by atoms with van der Waals surface area (Å²) in [5.41, 5.74) is 0.383. The molecule has 8 heteroatoms. The normalized spacial score (nSPS) is 18.7. The van der Waals surface area contributed by atoms with E-state index in [1.165, 1.54) is 18.3 Å². The quantitative estimate of drug-likeness (QED) is 0.301. The minimum atomic E-state index is -0.798. The lowest BCUT2D eigenvalue weighted by molar-refractivity contribution is -0.140. The third-order valence-corrected chi connectivity index (χ3v) is 5.15. The van der Waals surface area contributed by atoms with Gasteiger partial charge in [0, 0.05) is 25.8 Å². The van der Waals surface area contributed by atoms with Crippen LogP contribution in [0.15, 0.2) is 51.1 Å². The van der Waals surface area contributed by atoms with E-state index in [4.69, 9.17) is 13.9 Å². The van der Waals surface area contributed by atoms with Crippen LogP contribution in [0.1, 0.15) is 23.8 Å². The van der Waals surface area contributed by atoms with Crippen LogP contribution in [0.2, 0.25) is 0 Å². The average Bonchev–Trinajstić information content (AvgIpc) is 3.30. The number of rotatable bonds is 7. The Labute approximate surface area is 170 Å². The first-order chi connectivity index (χ1) is 13.5. The Morgan fingerprint density at radius 3 is 2.68 bits per heavy atom. The second kappa shape index (κ2) is 8.62. The van der Waals surface area contributed by atoms with Crippen molar-refractivity contribution in [1.82, 2.24) is 4.90 Å². The number of halogens is 1. The second-order valence-electron chi connectivity index (χ2n) is 6.20. The fourth-order valence-corrected chi connectivity index (χ4v) is 3.74. The monoisotopic (exact) mass is 449 g/mol. The van der Waals surface area contributed by atoms with Gasteiger partial charge in [0.2, 0.25) is 0 Å². The van der Waals surface area contributed by atoms with Crippen LogP contribution in [0.3, 0.4) is 0 Å². The first-order valence-corrected chi connectivity index (χ1v) is 9.43. The third kappa shape index (κ3) is 3.70. The van der Waals surface area contributed by atoms with Gasteiger partial charge in [-0.05, 0) is 52.7 Å². The SMILES string of the molecule is COCCCN1C(=O)C(=O)/C(=C(\O)c2ccc(OC)c(Br)c2)C1c1ccco1. The highest BCUT2D eigenvalue weighted by atomic mass is 79.9. The van der Waals surface area contributed by atoms with E-state index in [0.717, 1.165) is 0 Å². The summed E-state index contributed by atoms with van der Waals surface area (Å²) in [5.74, 6) is -0.697. The molecule has 1 fully saturated rings. The van der Waals surface area contributed by atoms with Crippen molar-refractivity contribution in [2.75, 3.05) is 27.4 Å². The Kier molecular flexibility index (Phi) is 6.21. The minimum Gasteiger partial charge on any atom is -0.507 e. The molecule has 1 amide bonds. The first-order valence-electron chi connectivity index (χ1n) is 8.64. The number of hydrogen-bond donors (Lipinski definition) is 1. The van der Waals surface area contributed by atoms with Gasteiger partial charge in [-0.15, -0.1) is 0 Å². The van der Waals surface area contributed by atoms with Crippen molar-refractivity contribution in [2.24, 2.45) is 0 Å². The molecule has 3 rings (SSSR count). The molecular formula is C20H20BrNO6. The number of Topliss-reactive ketones (excluding diaryl/α,β-unsaturated/α-hetero) is 1. The summed E-state index contributed by atoms with van der Waals surface area (Å²) >= 11 is 3.37. The van der Waals surface area contributed by atoms with Crippen molar-refractivity contribution in [3.63, 3.8) is 0 Å². The topological polar surface area (TPSA) is 89.2 Å². The standard InChI is InChI=1S/C20H20BrNO6/c1-26-9-4-8-22-17(15-5-3-10-28-15)16(19(24)20(22)25)18(23)12-6-7-14(27-2)13(21)11-12/h3,5-7,10-11,17,23H,4,8-9H2,1-2H3/b18-16-. The Balaban J connectivity index is 2.08. The second-order valence-corrected chi connectivity index (χ2v) is 7.06. The number of ketones is 1. The van der Waals surface area contributed by atoms with Crippen LogP contribution in [0.25, 0.3) is 5.76 Å². The maximum Gasteiger partial charge on any atom is 0.295 e. The van der Waals surface area contributed by atoms with Gasteiger partial charge >= 0.3 is 0 Å². The molecule has 0 saturated carbocycles. The molecule has 28 heavy (non-hydrogen) atoms. The largest absolute Gasteiger partial charge is 0.507 e. The zero-order chi connectivity index (χ0) is 20.3. The molecular weight excluding hydrogens is 430 g/mol. The predicted octanol–water partition coefficient (Wildman–Crippen LogP) is 3.51. The summed E-state index contributed by atoms with van der Waals surface area (Å²) in [4.78, 5) is 26.8. The molecule has 0 spiro atoms. The van der Waals surface area contributed by atoms with Crippen LogP contribution >= 0.6 is 15.9 Å². The number of hydrogen-bond acceptors (Lipinski definition) is 6. The van der Waals surface area contributed by atoms with E-state index in [1.54, 1.807) is 37.4 Å². The van der Waals surface area contributed by atoms with Crippen LogP contribution < -0.4 is 4.74 Å². The Morgan fingerprint density at radius 1 is 1.29 bits per heavy atom. The van der Waals surface area contributed by atoms with Gasteiger partial charge in [0.25, 0.3) is 11.7 Å². The van der Waals surface area contributed by atoms with Crippen molar-refractivity contribution in [1.29, 1.82) is 0 Å². The molecule has 1 aromatic heterocycles. The number of carbonyl (C=O) groups is 2. The van der Waals surface area contributed by atoms with Crippen molar-refractivity contribution >= 4 is 33.4 Å². The van der Waals surface area contributed by atoms with Gasteiger partial charge in [0.15, 0.2) is 0 Å². The van der Waals surface area contributed by atoms with Gasteiger partial charge in [-0.3, -0.25) is 9.59 Å². The zero-order valence-electron chi connectivity index (χ0n) is 15.5. The molecule has 1 aromatic carbocycles. The minimum absolute atomic E-state index is 0.00515. The molecule has 1 aliphatic heterocycles. The number of furan rings is 1. The van der Waals surface area contributed by atoms with Gasteiger partial charge in [-0.25, -0.2) is 0 Å². The van der Waals surface area contributed by atoms with Gasteiger partial charge in [0.05, 0.1) is 23.4 Å².